The molecular formula is C34H56N6O8. The SMILES string of the molecule is [2H]C[C@@H](C)NC(=O)[C@H](CCCNC(N)=O)CC(=O)[C@@H](NC(=O)[C@H](CCCCCC(=O)CCCCCN1C(=O)C=CC1=O)NC(C)=O)C(C)C. The number of carbonyl (C=O) groups excluding carboxylic acids is 8. The molecule has 0 bridgehead atoms. The van der Waals surface area contributed by atoms with Gasteiger partial charge in [0.1, 0.15) is 11.8 Å². The van der Waals surface area contributed by atoms with Crippen molar-refractivity contribution in [3.63, 3.8) is 0 Å². The molecule has 0 spiro atoms. The number of rotatable bonds is 25. The Balaban J connectivity index is 2.61. The average molecular weight is 678 g/mol. The van der Waals surface area contributed by atoms with E-state index < -0.39 is 41.9 Å². The van der Waals surface area contributed by atoms with Gasteiger partial charge >= 0.3 is 6.03 Å². The first-order valence-electron chi connectivity index (χ1n) is 17.6. The minimum atomic E-state index is -0.915. The van der Waals surface area contributed by atoms with Crippen LogP contribution in [0.2, 0.25) is 0 Å². The van der Waals surface area contributed by atoms with Gasteiger partial charge in [0.2, 0.25) is 17.7 Å². The van der Waals surface area contributed by atoms with Crippen LogP contribution in [0.5, 0.6) is 0 Å². The number of imide groups is 1. The molecule has 1 aliphatic heterocycles. The second-order valence-electron chi connectivity index (χ2n) is 12.8. The third-order valence-corrected chi connectivity index (χ3v) is 7.93. The molecule has 0 saturated carbocycles. The zero-order chi connectivity index (χ0) is 36.9. The summed E-state index contributed by atoms with van der Waals surface area (Å²) < 4.78 is 7.50. The molecular weight excluding hydrogens is 620 g/mol. The molecule has 0 aliphatic carbocycles. The van der Waals surface area contributed by atoms with Crippen molar-refractivity contribution in [1.82, 2.24) is 26.2 Å². The van der Waals surface area contributed by atoms with Gasteiger partial charge in [-0.3, -0.25) is 38.5 Å². The molecule has 1 rings (SSSR count). The Morgan fingerprint density at radius 2 is 1.44 bits per heavy atom. The zero-order valence-corrected chi connectivity index (χ0v) is 28.9. The molecule has 1 heterocycles. The third kappa shape index (κ3) is 17.2. The molecule has 14 nitrogen and oxygen atoms in total. The lowest BCUT2D eigenvalue weighted by molar-refractivity contribution is -0.137. The van der Waals surface area contributed by atoms with Gasteiger partial charge in [-0.15, -0.1) is 0 Å². The van der Waals surface area contributed by atoms with Crippen molar-refractivity contribution in [2.45, 2.75) is 130 Å². The van der Waals surface area contributed by atoms with E-state index in [0.717, 1.165) is 6.42 Å². The van der Waals surface area contributed by atoms with E-state index in [-0.39, 0.29) is 61.5 Å². The normalized spacial score (nSPS) is 15.4. The van der Waals surface area contributed by atoms with Crippen LogP contribution in [0.1, 0.15) is 113 Å². The topological polar surface area (TPSA) is 214 Å². The number of nitrogens with two attached hydrogens (primary N) is 1. The van der Waals surface area contributed by atoms with Crippen molar-refractivity contribution in [1.29, 1.82) is 0 Å². The highest BCUT2D eigenvalue weighted by Crippen LogP contribution is 2.18. The predicted octanol–water partition coefficient (Wildman–Crippen LogP) is 2.19. The Hall–Kier alpha value is -4.10. The molecule has 0 saturated heterocycles. The number of amides is 7. The summed E-state index contributed by atoms with van der Waals surface area (Å²) in [6, 6.07) is -2.91. The van der Waals surface area contributed by atoms with Crippen LogP contribution < -0.4 is 27.0 Å². The number of carbonyl (C=O) groups is 8. The lowest BCUT2D eigenvalue weighted by Crippen LogP contribution is -2.53. The lowest BCUT2D eigenvalue weighted by Gasteiger charge is -2.26. The maximum Gasteiger partial charge on any atom is 0.312 e. The van der Waals surface area contributed by atoms with Gasteiger partial charge in [-0.2, -0.15) is 0 Å². The standard InChI is InChI=1S/C34H56N6O8/c1-22(2)31(28(43)21-25(32(46)37-23(3)4)13-12-19-36-34(35)48)39-33(47)27(38-24(5)41)16-10-6-8-14-26(42)15-9-7-11-20-40-29(44)17-18-30(40)45/h17-18,22-23,25,27,31H,6-16,19-21H2,1-5H3,(H,37,46)(H,38,41)(H,39,47)(H3,35,36,48)/t25-,27+,31+/m1/s1/i3D/t23-,25+,27-,31-/m0. The first-order chi connectivity index (χ1) is 23.2. The molecule has 0 unspecified atom stereocenters. The van der Waals surface area contributed by atoms with Gasteiger partial charge in [-0.25, -0.2) is 4.79 Å². The molecule has 7 amide bonds. The summed E-state index contributed by atoms with van der Waals surface area (Å²) in [6.45, 7) is 7.06. The number of hydrogen-bond acceptors (Lipinski definition) is 8. The second kappa shape index (κ2) is 22.5. The Morgan fingerprint density at radius 1 is 0.812 bits per heavy atom. The van der Waals surface area contributed by atoms with Crippen LogP contribution in [0.15, 0.2) is 12.2 Å². The molecule has 0 fully saturated rings. The molecule has 270 valence electrons. The van der Waals surface area contributed by atoms with Crippen molar-refractivity contribution >= 4 is 47.1 Å². The fraction of sp³-hybridized carbons (Fsp3) is 0.706. The largest absolute Gasteiger partial charge is 0.354 e. The highest BCUT2D eigenvalue weighted by atomic mass is 16.2. The molecule has 0 aromatic rings. The molecule has 14 heteroatoms. The van der Waals surface area contributed by atoms with Crippen LogP contribution in [0.3, 0.4) is 0 Å². The van der Waals surface area contributed by atoms with Gasteiger partial charge in [0, 0.05) is 64.8 Å². The van der Waals surface area contributed by atoms with Gasteiger partial charge in [0.15, 0.2) is 5.78 Å². The van der Waals surface area contributed by atoms with Gasteiger partial charge in [0.05, 0.1) is 6.04 Å². The average Bonchev–Trinajstić information content (AvgIpc) is 3.35. The summed E-state index contributed by atoms with van der Waals surface area (Å²) in [5.74, 6) is -3.20. The molecule has 0 aromatic carbocycles. The number of Topliss-reactive ketones (excluding diaryl/α,β-unsaturated/α-hetero) is 2. The maximum atomic E-state index is 13.5. The molecule has 4 atom stereocenters. The van der Waals surface area contributed by atoms with Gasteiger partial charge < -0.3 is 27.0 Å². The molecule has 0 aromatic heterocycles. The Bertz CT molecular complexity index is 1180. The number of primary amides is 1. The smallest absolute Gasteiger partial charge is 0.312 e. The van der Waals surface area contributed by atoms with Gasteiger partial charge in [-0.1, -0.05) is 33.1 Å². The number of hydrogen-bond donors (Lipinski definition) is 5. The fourth-order valence-corrected chi connectivity index (χ4v) is 5.40. The van der Waals surface area contributed by atoms with E-state index in [2.05, 4.69) is 21.3 Å². The maximum absolute atomic E-state index is 13.5. The predicted molar refractivity (Wildman–Crippen MR) is 180 cm³/mol. The Morgan fingerprint density at radius 3 is 2.00 bits per heavy atom. The quantitative estimate of drug-likeness (QED) is 0.0712. The van der Waals surface area contributed by atoms with Crippen molar-refractivity contribution in [3.8, 4) is 0 Å². The summed E-state index contributed by atoms with van der Waals surface area (Å²) in [5, 5.41) is 10.6. The van der Waals surface area contributed by atoms with Gasteiger partial charge in [0.25, 0.3) is 11.8 Å². The Kier molecular flexibility index (Phi) is 18.8. The van der Waals surface area contributed by atoms with E-state index in [9.17, 15) is 38.4 Å². The van der Waals surface area contributed by atoms with Gasteiger partial charge in [-0.05, 0) is 58.3 Å². The second-order valence-corrected chi connectivity index (χ2v) is 12.8. The first kappa shape index (κ1) is 40.1. The van der Waals surface area contributed by atoms with E-state index in [1.54, 1.807) is 20.8 Å². The summed E-state index contributed by atoms with van der Waals surface area (Å²) in [5.41, 5.74) is 5.11. The minimum absolute atomic E-state index is 0.0335. The van der Waals surface area contributed by atoms with E-state index in [1.807, 2.05) is 0 Å². The Labute approximate surface area is 285 Å². The van der Waals surface area contributed by atoms with E-state index in [1.165, 1.54) is 24.0 Å². The summed E-state index contributed by atoms with van der Waals surface area (Å²) >= 11 is 0. The number of nitrogens with zero attached hydrogens (tertiary/aromatic N) is 1. The number of unbranched alkanes of at least 4 members (excludes halogenated alkanes) is 4. The molecule has 6 N–H and O–H groups in total. The monoisotopic (exact) mass is 677 g/mol. The van der Waals surface area contributed by atoms with Crippen molar-refractivity contribution in [3.05, 3.63) is 12.2 Å². The summed E-state index contributed by atoms with van der Waals surface area (Å²) in [7, 11) is 0. The first-order valence-corrected chi connectivity index (χ1v) is 16.9. The highest BCUT2D eigenvalue weighted by Gasteiger charge is 2.31. The summed E-state index contributed by atoms with van der Waals surface area (Å²) in [6.07, 6.45) is 8.01. The van der Waals surface area contributed by atoms with Crippen LogP contribution in [0.4, 0.5) is 4.79 Å². The fourth-order valence-electron chi connectivity index (χ4n) is 5.40. The van der Waals surface area contributed by atoms with Crippen LogP contribution in [-0.4, -0.2) is 83.2 Å². The number of ketones is 2. The number of nitrogens with one attached hydrogen (secondary N) is 4. The summed E-state index contributed by atoms with van der Waals surface area (Å²) in [4.78, 5) is 99.3. The number of urea groups is 1. The zero-order valence-electron chi connectivity index (χ0n) is 29.9. The lowest BCUT2D eigenvalue weighted by atomic mass is 9.89. The highest BCUT2D eigenvalue weighted by molar-refractivity contribution is 6.12. The third-order valence-electron chi connectivity index (χ3n) is 7.93. The van der Waals surface area contributed by atoms with Crippen molar-refractivity contribution in [2.75, 3.05) is 13.1 Å². The van der Waals surface area contributed by atoms with E-state index in [4.69, 9.17) is 7.10 Å². The minimum Gasteiger partial charge on any atom is -0.354 e. The van der Waals surface area contributed by atoms with E-state index in [0.29, 0.717) is 64.3 Å². The van der Waals surface area contributed by atoms with Crippen molar-refractivity contribution < 1.29 is 39.7 Å². The van der Waals surface area contributed by atoms with Crippen LogP contribution in [0, 0.1) is 11.8 Å². The van der Waals surface area contributed by atoms with Crippen molar-refractivity contribution in [2.24, 2.45) is 17.6 Å². The van der Waals surface area contributed by atoms with Crippen LogP contribution >= 0.6 is 0 Å². The van der Waals surface area contributed by atoms with Crippen LogP contribution in [0.25, 0.3) is 0 Å². The van der Waals surface area contributed by atoms with E-state index >= 15 is 0 Å². The molecule has 0 radical (unpaired) electrons. The molecule has 1 aliphatic rings. The van der Waals surface area contributed by atoms with Crippen LogP contribution in [-0.2, 0) is 33.6 Å². The molecule has 48 heavy (non-hydrogen) atoms.